The highest BCUT2D eigenvalue weighted by molar-refractivity contribution is 7.92. The molecule has 1 unspecified atom stereocenters. The zero-order valence-electron chi connectivity index (χ0n) is 12.3. The van der Waals surface area contributed by atoms with Crippen molar-refractivity contribution >= 4 is 15.7 Å². The van der Waals surface area contributed by atoms with E-state index in [1.807, 2.05) is 24.3 Å². The van der Waals surface area contributed by atoms with Gasteiger partial charge in [-0.05, 0) is 24.0 Å². The second-order valence-electron chi connectivity index (χ2n) is 5.57. The summed E-state index contributed by atoms with van der Waals surface area (Å²) in [5.41, 5.74) is 7.56. The van der Waals surface area contributed by atoms with Crippen molar-refractivity contribution in [2.24, 2.45) is 5.73 Å². The number of nitrogens with zero attached hydrogens (tertiary/aromatic N) is 1. The minimum atomic E-state index is -3.28. The molecular weight excluding hydrogens is 288 g/mol. The molecule has 0 aliphatic carbocycles. The maximum atomic E-state index is 12.4. The number of nitrogens with two attached hydrogens (primary N) is 1. The summed E-state index contributed by atoms with van der Waals surface area (Å²) in [5.74, 6) is -0.173. The van der Waals surface area contributed by atoms with Crippen LogP contribution in [0.25, 0.3) is 0 Å². The third-order valence-electron chi connectivity index (χ3n) is 3.88. The number of hydrogen-bond donors (Lipinski definition) is 1. The van der Waals surface area contributed by atoms with E-state index in [1.54, 1.807) is 7.05 Å². The minimum absolute atomic E-state index is 0.125. The number of carbonyl (C=O) groups excluding carboxylic acids is 1. The van der Waals surface area contributed by atoms with Crippen molar-refractivity contribution in [1.82, 2.24) is 4.90 Å². The molecule has 5 nitrogen and oxygen atoms in total. The Hall–Kier alpha value is -1.40. The molecule has 1 atom stereocenters. The van der Waals surface area contributed by atoms with Gasteiger partial charge in [-0.25, -0.2) is 8.42 Å². The summed E-state index contributed by atoms with van der Waals surface area (Å²) in [4.78, 5) is 13.9. The zero-order valence-corrected chi connectivity index (χ0v) is 13.1. The van der Waals surface area contributed by atoms with Gasteiger partial charge in [-0.2, -0.15) is 0 Å². The van der Waals surface area contributed by atoms with Gasteiger partial charge < -0.3 is 10.6 Å². The van der Waals surface area contributed by atoms with Crippen LogP contribution in [0, 0.1) is 0 Å². The second kappa shape index (κ2) is 6.58. The highest BCUT2D eigenvalue weighted by Gasteiger charge is 2.36. The van der Waals surface area contributed by atoms with Crippen LogP contribution in [-0.2, 0) is 27.7 Å². The first-order valence-corrected chi connectivity index (χ1v) is 8.90. The molecule has 1 heterocycles. The predicted octanol–water partition coefficient (Wildman–Crippen LogP) is 1.07. The third kappa shape index (κ3) is 3.83. The Morgan fingerprint density at radius 3 is 2.71 bits per heavy atom. The Morgan fingerprint density at radius 2 is 2.05 bits per heavy atom. The maximum Gasteiger partial charge on any atom is 0.240 e. The minimum Gasteiger partial charge on any atom is -0.340 e. The van der Waals surface area contributed by atoms with Gasteiger partial charge in [0.25, 0.3) is 0 Å². The molecule has 0 saturated carbocycles. The van der Waals surface area contributed by atoms with E-state index in [0.717, 1.165) is 17.5 Å². The summed E-state index contributed by atoms with van der Waals surface area (Å²) in [5, 5.41) is -0.867. The van der Waals surface area contributed by atoms with Crippen molar-refractivity contribution in [2.75, 3.05) is 12.8 Å². The van der Waals surface area contributed by atoms with Crippen molar-refractivity contribution in [3.8, 4) is 0 Å². The second-order valence-corrected chi connectivity index (χ2v) is 7.87. The summed E-state index contributed by atoms with van der Waals surface area (Å²) >= 11 is 0. The predicted molar refractivity (Wildman–Crippen MR) is 82.2 cm³/mol. The number of rotatable bonds is 4. The van der Waals surface area contributed by atoms with Crippen molar-refractivity contribution in [1.29, 1.82) is 0 Å². The normalized spacial score (nSPS) is 21.0. The van der Waals surface area contributed by atoms with Crippen molar-refractivity contribution in [3.05, 3.63) is 35.4 Å². The molecule has 116 valence electrons. The largest absolute Gasteiger partial charge is 0.340 e. The van der Waals surface area contributed by atoms with Crippen LogP contribution in [0.3, 0.4) is 0 Å². The maximum absolute atomic E-state index is 12.4. The van der Waals surface area contributed by atoms with E-state index in [1.165, 1.54) is 4.90 Å². The Bertz CT molecular complexity index is 613. The smallest absolute Gasteiger partial charge is 0.240 e. The quantitative estimate of drug-likeness (QED) is 0.902. The SMILES string of the molecule is CN(Cc1cccc(CN)c1)C(=O)C1CCCCS1(=O)=O. The summed E-state index contributed by atoms with van der Waals surface area (Å²) < 4.78 is 24.0. The molecule has 1 amide bonds. The molecule has 1 aromatic rings. The van der Waals surface area contributed by atoms with Gasteiger partial charge in [0.1, 0.15) is 5.25 Å². The average molecular weight is 310 g/mol. The van der Waals surface area contributed by atoms with Crippen molar-refractivity contribution in [2.45, 2.75) is 37.6 Å². The highest BCUT2D eigenvalue weighted by Crippen LogP contribution is 2.21. The van der Waals surface area contributed by atoms with E-state index in [4.69, 9.17) is 5.73 Å². The van der Waals surface area contributed by atoms with Gasteiger partial charge in [0.05, 0.1) is 5.75 Å². The number of amides is 1. The molecule has 1 aromatic carbocycles. The Morgan fingerprint density at radius 1 is 1.33 bits per heavy atom. The lowest BCUT2D eigenvalue weighted by Crippen LogP contribution is -2.43. The van der Waals surface area contributed by atoms with Crippen molar-refractivity contribution in [3.63, 3.8) is 0 Å². The molecule has 6 heteroatoms. The fraction of sp³-hybridized carbons (Fsp3) is 0.533. The van der Waals surface area contributed by atoms with Crippen LogP contribution < -0.4 is 5.73 Å². The number of carbonyl (C=O) groups is 1. The van der Waals surface area contributed by atoms with Gasteiger partial charge >= 0.3 is 0 Å². The molecular formula is C15H22N2O3S. The third-order valence-corrected chi connectivity index (χ3v) is 6.04. The van der Waals surface area contributed by atoms with E-state index in [9.17, 15) is 13.2 Å². The van der Waals surface area contributed by atoms with Crippen LogP contribution in [0.1, 0.15) is 30.4 Å². The molecule has 21 heavy (non-hydrogen) atoms. The summed E-state index contributed by atoms with van der Waals surface area (Å²) in [7, 11) is -1.63. The molecule has 2 rings (SSSR count). The van der Waals surface area contributed by atoms with Crippen LogP contribution in [0.15, 0.2) is 24.3 Å². The van der Waals surface area contributed by atoms with Gasteiger partial charge in [0.2, 0.25) is 5.91 Å². The Labute approximate surface area is 126 Å². The van der Waals surface area contributed by atoms with Crippen molar-refractivity contribution < 1.29 is 13.2 Å². The Kier molecular flexibility index (Phi) is 5.00. The van der Waals surface area contributed by atoms with E-state index < -0.39 is 15.1 Å². The summed E-state index contributed by atoms with van der Waals surface area (Å²) in [6.45, 7) is 0.848. The van der Waals surface area contributed by atoms with Crippen LogP contribution in [0.4, 0.5) is 0 Å². The molecule has 1 aliphatic rings. The number of sulfone groups is 1. The summed E-state index contributed by atoms with van der Waals surface area (Å²) in [6, 6.07) is 7.68. The van der Waals surface area contributed by atoms with Gasteiger partial charge in [0.15, 0.2) is 9.84 Å². The van der Waals surface area contributed by atoms with Crippen LogP contribution in [0.5, 0.6) is 0 Å². The van der Waals surface area contributed by atoms with Crippen LogP contribution in [-0.4, -0.2) is 37.3 Å². The first-order chi connectivity index (χ1) is 9.94. The van der Waals surface area contributed by atoms with E-state index in [2.05, 4.69) is 0 Å². The Balaban J connectivity index is 2.08. The van der Waals surface area contributed by atoms with Gasteiger partial charge in [0, 0.05) is 20.1 Å². The first kappa shape index (κ1) is 16.0. The number of benzene rings is 1. The van der Waals surface area contributed by atoms with Gasteiger partial charge in [-0.1, -0.05) is 30.7 Å². The molecule has 1 aliphatic heterocycles. The monoisotopic (exact) mass is 310 g/mol. The molecule has 1 saturated heterocycles. The fourth-order valence-electron chi connectivity index (χ4n) is 2.68. The molecule has 0 aromatic heterocycles. The molecule has 2 N–H and O–H groups in total. The lowest BCUT2D eigenvalue weighted by atomic mass is 10.1. The molecule has 0 spiro atoms. The standard InChI is InChI=1S/C15H22N2O3S/c1-17(11-13-6-4-5-12(9-13)10-16)15(18)14-7-2-3-8-21(14,19)20/h4-6,9,14H,2-3,7-8,10-11,16H2,1H3. The van der Waals surface area contributed by atoms with E-state index >= 15 is 0 Å². The molecule has 1 fully saturated rings. The van der Waals surface area contributed by atoms with E-state index in [-0.39, 0.29) is 11.7 Å². The van der Waals surface area contributed by atoms with E-state index in [0.29, 0.717) is 25.9 Å². The lowest BCUT2D eigenvalue weighted by Gasteiger charge is -2.26. The van der Waals surface area contributed by atoms with Crippen LogP contribution in [0.2, 0.25) is 0 Å². The van der Waals surface area contributed by atoms with Gasteiger partial charge in [-0.3, -0.25) is 4.79 Å². The first-order valence-electron chi connectivity index (χ1n) is 7.18. The number of hydrogen-bond acceptors (Lipinski definition) is 4. The van der Waals surface area contributed by atoms with Gasteiger partial charge in [-0.15, -0.1) is 0 Å². The average Bonchev–Trinajstić information content (AvgIpc) is 2.46. The van der Waals surface area contributed by atoms with Crippen LogP contribution >= 0.6 is 0 Å². The zero-order chi connectivity index (χ0) is 15.5. The molecule has 0 bridgehead atoms. The fourth-order valence-corrected chi connectivity index (χ4v) is 4.59. The molecule has 0 radical (unpaired) electrons. The highest BCUT2D eigenvalue weighted by atomic mass is 32.2. The lowest BCUT2D eigenvalue weighted by molar-refractivity contribution is -0.130. The topological polar surface area (TPSA) is 80.5 Å². The summed E-state index contributed by atoms with van der Waals surface area (Å²) in [6.07, 6.45) is 1.90.